The molecular formula is C16H17N5O3. The van der Waals surface area contributed by atoms with Crippen molar-refractivity contribution in [1.29, 1.82) is 0 Å². The molecule has 2 aromatic heterocycles. The Morgan fingerprint density at radius 1 is 1.08 bits per heavy atom. The van der Waals surface area contributed by atoms with E-state index >= 15 is 0 Å². The van der Waals surface area contributed by atoms with E-state index in [1.165, 1.54) is 6.33 Å². The molecule has 4 rings (SSSR count). The molecule has 1 aliphatic heterocycles. The highest BCUT2D eigenvalue weighted by Crippen LogP contribution is 2.27. The first kappa shape index (κ1) is 14.8. The van der Waals surface area contributed by atoms with Gasteiger partial charge < -0.3 is 0 Å². The van der Waals surface area contributed by atoms with E-state index < -0.39 is 17.8 Å². The van der Waals surface area contributed by atoms with Gasteiger partial charge in [-0.1, -0.05) is 19.3 Å². The van der Waals surface area contributed by atoms with Gasteiger partial charge in [0.05, 0.1) is 6.54 Å². The summed E-state index contributed by atoms with van der Waals surface area (Å²) in [7, 11) is 0. The van der Waals surface area contributed by atoms with E-state index in [-0.39, 0.29) is 12.6 Å². The highest BCUT2D eigenvalue weighted by Gasteiger charge is 2.47. The molecule has 1 saturated carbocycles. The first-order valence-corrected chi connectivity index (χ1v) is 8.12. The van der Waals surface area contributed by atoms with Crippen LogP contribution in [0.15, 0.2) is 24.7 Å². The summed E-state index contributed by atoms with van der Waals surface area (Å²) in [4.78, 5) is 43.4. The molecule has 2 aliphatic rings. The number of hydrogen-bond acceptors (Lipinski definition) is 5. The fraction of sp³-hybridized carbons (Fsp3) is 0.438. The van der Waals surface area contributed by atoms with E-state index in [4.69, 9.17) is 0 Å². The van der Waals surface area contributed by atoms with Crippen molar-refractivity contribution in [2.24, 2.45) is 0 Å². The molecule has 1 aliphatic carbocycles. The minimum atomic E-state index is -0.744. The lowest BCUT2D eigenvalue weighted by Crippen LogP contribution is -2.42. The van der Waals surface area contributed by atoms with Crippen molar-refractivity contribution < 1.29 is 14.4 Å². The Balaban J connectivity index is 1.57. The molecule has 24 heavy (non-hydrogen) atoms. The summed E-state index contributed by atoms with van der Waals surface area (Å²) in [5, 5.41) is 4.00. The van der Waals surface area contributed by atoms with Gasteiger partial charge in [-0.05, 0) is 30.5 Å². The van der Waals surface area contributed by atoms with E-state index in [0.717, 1.165) is 47.5 Å². The lowest BCUT2D eigenvalue weighted by Gasteiger charge is -2.28. The fourth-order valence-electron chi connectivity index (χ4n) is 3.46. The molecule has 3 heterocycles. The number of carbonyl (C=O) groups excluding carboxylic acids is 3. The Bertz CT molecular complexity index is 824. The minimum Gasteiger partial charge on any atom is -0.263 e. The Morgan fingerprint density at radius 3 is 2.67 bits per heavy atom. The van der Waals surface area contributed by atoms with Crippen LogP contribution in [0.25, 0.3) is 5.65 Å². The van der Waals surface area contributed by atoms with Crippen LogP contribution in [-0.4, -0.2) is 48.3 Å². The molecule has 0 atom stereocenters. The highest BCUT2D eigenvalue weighted by atomic mass is 16.2. The van der Waals surface area contributed by atoms with E-state index in [9.17, 15) is 14.4 Å². The second-order valence-corrected chi connectivity index (χ2v) is 6.24. The number of rotatable bonds is 3. The SMILES string of the molecule is O=C1C(=O)N(C2CCCCC2)C(=O)N1Cc1ccn2ncnc2c1. The largest absolute Gasteiger partial charge is 0.334 e. The maximum absolute atomic E-state index is 12.6. The normalized spacial score (nSPS) is 19.8. The molecule has 0 N–H and O–H groups in total. The third-order valence-electron chi connectivity index (χ3n) is 4.71. The van der Waals surface area contributed by atoms with Crippen LogP contribution in [0, 0.1) is 0 Å². The number of urea groups is 1. The zero-order chi connectivity index (χ0) is 16.7. The number of pyridine rings is 1. The lowest BCUT2D eigenvalue weighted by molar-refractivity contribution is -0.144. The zero-order valence-electron chi connectivity index (χ0n) is 13.1. The van der Waals surface area contributed by atoms with Gasteiger partial charge in [0.2, 0.25) is 0 Å². The van der Waals surface area contributed by atoms with E-state index in [1.54, 1.807) is 22.8 Å². The van der Waals surface area contributed by atoms with Gasteiger partial charge in [-0.3, -0.25) is 19.4 Å². The lowest BCUT2D eigenvalue weighted by atomic mass is 9.94. The maximum Gasteiger partial charge on any atom is 0.334 e. The van der Waals surface area contributed by atoms with Gasteiger partial charge >= 0.3 is 17.8 Å². The molecular weight excluding hydrogens is 310 g/mol. The molecule has 0 radical (unpaired) electrons. The molecule has 2 aromatic rings. The summed E-state index contributed by atoms with van der Waals surface area (Å²) in [6.07, 6.45) is 7.79. The first-order valence-electron chi connectivity index (χ1n) is 8.12. The molecule has 2 fully saturated rings. The van der Waals surface area contributed by atoms with Crippen LogP contribution >= 0.6 is 0 Å². The first-order chi connectivity index (χ1) is 11.6. The minimum absolute atomic E-state index is 0.0655. The van der Waals surface area contributed by atoms with Crippen molar-refractivity contribution in [3.63, 3.8) is 0 Å². The Kier molecular flexibility index (Phi) is 3.51. The summed E-state index contributed by atoms with van der Waals surface area (Å²) in [5.41, 5.74) is 1.36. The van der Waals surface area contributed by atoms with Gasteiger partial charge in [0.1, 0.15) is 6.33 Å². The van der Waals surface area contributed by atoms with Crippen LogP contribution < -0.4 is 0 Å². The van der Waals surface area contributed by atoms with Crippen molar-refractivity contribution in [3.05, 3.63) is 30.2 Å². The molecule has 8 heteroatoms. The third-order valence-corrected chi connectivity index (χ3v) is 4.71. The molecule has 1 saturated heterocycles. The van der Waals surface area contributed by atoms with E-state index in [0.29, 0.717) is 5.65 Å². The monoisotopic (exact) mass is 327 g/mol. The van der Waals surface area contributed by atoms with Gasteiger partial charge in [0, 0.05) is 12.2 Å². The van der Waals surface area contributed by atoms with Crippen molar-refractivity contribution in [2.75, 3.05) is 0 Å². The van der Waals surface area contributed by atoms with Crippen molar-refractivity contribution >= 4 is 23.5 Å². The Morgan fingerprint density at radius 2 is 1.88 bits per heavy atom. The predicted octanol–water partition coefficient (Wildman–Crippen LogP) is 1.35. The van der Waals surface area contributed by atoms with Gasteiger partial charge in [0.25, 0.3) is 0 Å². The van der Waals surface area contributed by atoms with Crippen molar-refractivity contribution in [2.45, 2.75) is 44.7 Å². The average molecular weight is 327 g/mol. The fourth-order valence-corrected chi connectivity index (χ4v) is 3.46. The Labute approximate surface area is 138 Å². The molecule has 124 valence electrons. The number of hydrogen-bond donors (Lipinski definition) is 0. The van der Waals surface area contributed by atoms with Crippen LogP contribution in [0.5, 0.6) is 0 Å². The Hall–Kier alpha value is -2.77. The summed E-state index contributed by atoms with van der Waals surface area (Å²) in [6, 6.07) is 2.86. The van der Waals surface area contributed by atoms with Gasteiger partial charge in [0.15, 0.2) is 5.65 Å². The molecule has 0 bridgehead atoms. The molecule has 4 amide bonds. The van der Waals surface area contributed by atoms with Crippen LogP contribution in [0.3, 0.4) is 0 Å². The van der Waals surface area contributed by atoms with E-state index in [2.05, 4.69) is 10.1 Å². The second kappa shape index (κ2) is 5.70. The van der Waals surface area contributed by atoms with Crippen LogP contribution in [0.2, 0.25) is 0 Å². The molecule has 0 unspecified atom stereocenters. The third kappa shape index (κ3) is 2.34. The number of fused-ring (bicyclic) bond motifs is 1. The van der Waals surface area contributed by atoms with Crippen molar-refractivity contribution in [3.8, 4) is 0 Å². The number of carbonyl (C=O) groups is 3. The van der Waals surface area contributed by atoms with Gasteiger partial charge in [-0.2, -0.15) is 5.10 Å². The quantitative estimate of drug-likeness (QED) is 0.627. The highest BCUT2D eigenvalue weighted by molar-refractivity contribution is 6.44. The summed E-state index contributed by atoms with van der Waals surface area (Å²) < 4.78 is 1.59. The molecule has 0 aromatic carbocycles. The van der Waals surface area contributed by atoms with E-state index in [1.807, 2.05) is 0 Å². The number of nitrogens with zero attached hydrogens (tertiary/aromatic N) is 5. The second-order valence-electron chi connectivity index (χ2n) is 6.24. The van der Waals surface area contributed by atoms with Crippen molar-refractivity contribution in [1.82, 2.24) is 24.4 Å². The average Bonchev–Trinajstić information content (AvgIpc) is 3.14. The topological polar surface area (TPSA) is 87.9 Å². The molecule has 0 spiro atoms. The number of imide groups is 2. The van der Waals surface area contributed by atoms with Crippen LogP contribution in [0.1, 0.15) is 37.7 Å². The summed E-state index contributed by atoms with van der Waals surface area (Å²) in [6.45, 7) is 0.0655. The van der Waals surface area contributed by atoms with Crippen LogP contribution in [0.4, 0.5) is 4.79 Å². The van der Waals surface area contributed by atoms with Gasteiger partial charge in [-0.25, -0.2) is 14.3 Å². The smallest absolute Gasteiger partial charge is 0.263 e. The van der Waals surface area contributed by atoms with Crippen LogP contribution in [-0.2, 0) is 16.1 Å². The summed E-state index contributed by atoms with van der Waals surface area (Å²) in [5.74, 6) is -1.44. The molecule has 8 nitrogen and oxygen atoms in total. The standard InChI is InChI=1S/C16H17N5O3/c22-14-15(23)21(12-4-2-1-3-5-12)16(24)19(14)9-11-6-7-20-13(8-11)17-10-18-20/h6-8,10,12H,1-5,9H2. The number of amides is 4. The number of aromatic nitrogens is 3. The summed E-state index contributed by atoms with van der Waals surface area (Å²) >= 11 is 0. The zero-order valence-corrected chi connectivity index (χ0v) is 13.1. The maximum atomic E-state index is 12.6. The van der Waals surface area contributed by atoms with Gasteiger partial charge in [-0.15, -0.1) is 0 Å². The predicted molar refractivity (Wildman–Crippen MR) is 82.7 cm³/mol.